The summed E-state index contributed by atoms with van der Waals surface area (Å²) in [5.74, 6) is -0.0887. The number of nitrogens with one attached hydrogen (secondary N) is 1. The van der Waals surface area contributed by atoms with Crippen LogP contribution in [0.4, 0.5) is 0 Å². The quantitative estimate of drug-likeness (QED) is 0.782. The van der Waals surface area contributed by atoms with Crippen molar-refractivity contribution in [2.45, 2.75) is 56.1 Å². The third-order valence-electron chi connectivity index (χ3n) is 5.91. The molecule has 3 rings (SSSR count). The predicted octanol–water partition coefficient (Wildman–Crippen LogP) is 0.840. The molecule has 0 radical (unpaired) electrons. The second kappa shape index (κ2) is 6.23. The largest absolute Gasteiger partial charge is 0.468 e. The van der Waals surface area contributed by atoms with E-state index in [1.165, 1.54) is 46.0 Å². The molecule has 1 aliphatic carbocycles. The molecule has 1 N–H and O–H groups in total. The molecule has 2 aliphatic heterocycles. The van der Waals surface area contributed by atoms with E-state index in [4.69, 9.17) is 4.74 Å². The zero-order valence-corrected chi connectivity index (χ0v) is 13.4. The van der Waals surface area contributed by atoms with Crippen LogP contribution in [0.25, 0.3) is 0 Å². The molecule has 0 aromatic heterocycles. The van der Waals surface area contributed by atoms with Gasteiger partial charge < -0.3 is 10.1 Å². The highest BCUT2D eigenvalue weighted by atomic mass is 16.5. The fourth-order valence-electron chi connectivity index (χ4n) is 4.61. The summed E-state index contributed by atoms with van der Waals surface area (Å²) >= 11 is 0. The van der Waals surface area contributed by atoms with Gasteiger partial charge in [0, 0.05) is 31.7 Å². The second-order valence-electron chi connectivity index (χ2n) is 6.90. The van der Waals surface area contributed by atoms with E-state index < -0.39 is 5.54 Å². The lowest BCUT2D eigenvalue weighted by Gasteiger charge is -2.46. The number of esters is 1. The maximum absolute atomic E-state index is 12.2. The van der Waals surface area contributed by atoms with Gasteiger partial charge in [-0.05, 0) is 52.1 Å². The van der Waals surface area contributed by atoms with Crippen molar-refractivity contribution < 1.29 is 9.53 Å². The van der Waals surface area contributed by atoms with Gasteiger partial charge in [0.15, 0.2) is 0 Å². The van der Waals surface area contributed by atoms with Gasteiger partial charge in [0.2, 0.25) is 0 Å². The highest BCUT2D eigenvalue weighted by Crippen LogP contribution is 2.34. The van der Waals surface area contributed by atoms with E-state index in [2.05, 4.69) is 15.1 Å². The number of carbonyl (C=O) groups is 1. The van der Waals surface area contributed by atoms with Crippen LogP contribution in [0.3, 0.4) is 0 Å². The van der Waals surface area contributed by atoms with Crippen LogP contribution in [-0.4, -0.2) is 73.7 Å². The van der Waals surface area contributed by atoms with Crippen LogP contribution in [0.1, 0.15) is 38.5 Å². The first kappa shape index (κ1) is 15.3. The standard InChI is InChI=1S/C16H29N3O2/c1-17-16(15(20)21-2)7-3-5-13(11-16)19-10-9-18-8-4-6-14(18)12-19/h13-14,17H,3-12H2,1-2H3. The van der Waals surface area contributed by atoms with Gasteiger partial charge in [0.05, 0.1) is 7.11 Å². The summed E-state index contributed by atoms with van der Waals surface area (Å²) in [7, 11) is 3.40. The smallest absolute Gasteiger partial charge is 0.326 e. The van der Waals surface area contributed by atoms with Crippen molar-refractivity contribution in [3.05, 3.63) is 0 Å². The number of piperazine rings is 1. The second-order valence-corrected chi connectivity index (χ2v) is 6.90. The van der Waals surface area contributed by atoms with Gasteiger partial charge in [-0.3, -0.25) is 14.6 Å². The Hall–Kier alpha value is -0.650. The van der Waals surface area contributed by atoms with Crippen LogP contribution in [0.5, 0.6) is 0 Å². The van der Waals surface area contributed by atoms with Crippen LogP contribution < -0.4 is 5.32 Å². The van der Waals surface area contributed by atoms with Crippen LogP contribution in [0, 0.1) is 0 Å². The summed E-state index contributed by atoms with van der Waals surface area (Å²) in [5, 5.41) is 3.27. The predicted molar refractivity (Wildman–Crippen MR) is 82.2 cm³/mol. The molecule has 0 aromatic carbocycles. The van der Waals surface area contributed by atoms with Gasteiger partial charge >= 0.3 is 5.97 Å². The molecule has 3 fully saturated rings. The number of likely N-dealkylation sites (N-methyl/N-ethyl adjacent to an activating group) is 1. The van der Waals surface area contributed by atoms with Crippen molar-refractivity contribution in [2.24, 2.45) is 0 Å². The lowest BCUT2D eigenvalue weighted by Crippen LogP contribution is -2.60. The molecule has 5 heteroatoms. The minimum Gasteiger partial charge on any atom is -0.468 e. The lowest BCUT2D eigenvalue weighted by molar-refractivity contribution is -0.151. The molecule has 2 heterocycles. The van der Waals surface area contributed by atoms with E-state index in [1.54, 1.807) is 0 Å². The molecule has 0 spiro atoms. The number of ether oxygens (including phenoxy) is 1. The van der Waals surface area contributed by atoms with Gasteiger partial charge in [-0.1, -0.05) is 0 Å². The van der Waals surface area contributed by atoms with Crippen molar-refractivity contribution in [1.29, 1.82) is 0 Å². The normalized spacial score (nSPS) is 38.2. The minimum atomic E-state index is -0.468. The average molecular weight is 295 g/mol. The number of hydrogen-bond donors (Lipinski definition) is 1. The fourth-order valence-corrected chi connectivity index (χ4v) is 4.61. The topological polar surface area (TPSA) is 44.8 Å². The highest BCUT2D eigenvalue weighted by Gasteiger charge is 2.45. The Morgan fingerprint density at radius 2 is 1.90 bits per heavy atom. The Morgan fingerprint density at radius 3 is 2.67 bits per heavy atom. The van der Waals surface area contributed by atoms with Crippen molar-refractivity contribution in [1.82, 2.24) is 15.1 Å². The van der Waals surface area contributed by atoms with E-state index in [1.807, 2.05) is 7.05 Å². The van der Waals surface area contributed by atoms with Gasteiger partial charge in [-0.25, -0.2) is 0 Å². The molecule has 0 amide bonds. The summed E-state index contributed by atoms with van der Waals surface area (Å²) in [5.41, 5.74) is -0.468. The summed E-state index contributed by atoms with van der Waals surface area (Å²) in [4.78, 5) is 17.5. The molecule has 3 atom stereocenters. The zero-order chi connectivity index (χ0) is 14.9. The summed E-state index contributed by atoms with van der Waals surface area (Å²) < 4.78 is 5.06. The first-order valence-electron chi connectivity index (χ1n) is 8.44. The Morgan fingerprint density at radius 1 is 1.14 bits per heavy atom. The first-order chi connectivity index (χ1) is 10.2. The van der Waals surface area contributed by atoms with Gasteiger partial charge in [0.25, 0.3) is 0 Å². The SMILES string of the molecule is CNC1(C(=O)OC)CCCC(N2CCN3CCCC3C2)C1. The Labute approximate surface area is 128 Å². The molecule has 1 saturated carbocycles. The molecule has 0 aromatic rings. The number of carbonyl (C=O) groups excluding carboxylic acids is 1. The molecule has 3 aliphatic rings. The molecule has 0 bridgehead atoms. The Bertz CT molecular complexity index is 390. The fraction of sp³-hybridized carbons (Fsp3) is 0.938. The number of nitrogens with zero attached hydrogens (tertiary/aromatic N) is 2. The Kier molecular flexibility index (Phi) is 4.52. The molecule has 5 nitrogen and oxygen atoms in total. The van der Waals surface area contributed by atoms with E-state index in [9.17, 15) is 4.79 Å². The van der Waals surface area contributed by atoms with Crippen LogP contribution in [0.2, 0.25) is 0 Å². The Balaban J connectivity index is 1.66. The maximum atomic E-state index is 12.2. The molecule has 21 heavy (non-hydrogen) atoms. The zero-order valence-electron chi connectivity index (χ0n) is 13.4. The van der Waals surface area contributed by atoms with Crippen molar-refractivity contribution in [3.63, 3.8) is 0 Å². The number of rotatable bonds is 3. The highest BCUT2D eigenvalue weighted by molar-refractivity contribution is 5.81. The van der Waals surface area contributed by atoms with Gasteiger partial charge in [0.1, 0.15) is 5.54 Å². The van der Waals surface area contributed by atoms with E-state index in [0.717, 1.165) is 31.8 Å². The summed E-state index contributed by atoms with van der Waals surface area (Å²) in [6.07, 6.45) is 6.81. The van der Waals surface area contributed by atoms with Crippen LogP contribution in [-0.2, 0) is 9.53 Å². The number of hydrogen-bond acceptors (Lipinski definition) is 5. The average Bonchev–Trinajstić information content (AvgIpc) is 3.01. The summed E-state index contributed by atoms with van der Waals surface area (Å²) in [6.45, 7) is 4.82. The van der Waals surface area contributed by atoms with Gasteiger partial charge in [-0.15, -0.1) is 0 Å². The molecular formula is C16H29N3O2. The minimum absolute atomic E-state index is 0.0887. The third kappa shape index (κ3) is 2.83. The van der Waals surface area contributed by atoms with Gasteiger partial charge in [-0.2, -0.15) is 0 Å². The van der Waals surface area contributed by atoms with Crippen molar-refractivity contribution >= 4 is 5.97 Å². The van der Waals surface area contributed by atoms with Crippen LogP contribution >= 0.6 is 0 Å². The maximum Gasteiger partial charge on any atom is 0.326 e. The molecule has 120 valence electrons. The summed E-state index contributed by atoms with van der Waals surface area (Å²) in [6, 6.07) is 1.27. The van der Waals surface area contributed by atoms with Crippen LogP contribution in [0.15, 0.2) is 0 Å². The third-order valence-corrected chi connectivity index (χ3v) is 5.91. The number of methoxy groups -OCH3 is 1. The van der Waals surface area contributed by atoms with E-state index in [0.29, 0.717) is 6.04 Å². The molecular weight excluding hydrogens is 266 g/mol. The monoisotopic (exact) mass is 295 g/mol. The lowest BCUT2D eigenvalue weighted by atomic mass is 9.78. The van der Waals surface area contributed by atoms with E-state index >= 15 is 0 Å². The number of fused-ring (bicyclic) bond motifs is 1. The molecule has 3 unspecified atom stereocenters. The molecule has 2 saturated heterocycles. The first-order valence-corrected chi connectivity index (χ1v) is 8.44. The van der Waals surface area contributed by atoms with Crippen molar-refractivity contribution in [2.75, 3.05) is 40.3 Å². The van der Waals surface area contributed by atoms with E-state index in [-0.39, 0.29) is 5.97 Å². The van der Waals surface area contributed by atoms with Crippen molar-refractivity contribution in [3.8, 4) is 0 Å².